The van der Waals surface area contributed by atoms with Crippen LogP contribution in [-0.4, -0.2) is 31.1 Å². The van der Waals surface area contributed by atoms with Crippen molar-refractivity contribution in [3.05, 3.63) is 60.1 Å². The lowest BCUT2D eigenvalue weighted by atomic mass is 10.2. The van der Waals surface area contributed by atoms with E-state index in [2.05, 4.69) is 19.8 Å². The van der Waals surface area contributed by atoms with Crippen molar-refractivity contribution in [2.75, 3.05) is 19.5 Å². The van der Waals surface area contributed by atoms with Crippen LogP contribution in [0.25, 0.3) is 0 Å². The van der Waals surface area contributed by atoms with Gasteiger partial charge in [-0.05, 0) is 42.8 Å². The Bertz CT molecular complexity index is 787. The summed E-state index contributed by atoms with van der Waals surface area (Å²) in [6.07, 6.45) is 4.30. The predicted molar refractivity (Wildman–Crippen MR) is 91.2 cm³/mol. The highest BCUT2D eigenvalue weighted by molar-refractivity contribution is 5.98. The van der Waals surface area contributed by atoms with Crippen LogP contribution in [0.2, 0.25) is 0 Å². The number of aromatic nitrogens is 1. The molecule has 25 heavy (non-hydrogen) atoms. The zero-order chi connectivity index (χ0) is 18.2. The Kier molecular flexibility index (Phi) is 6.11. The molecule has 0 radical (unpaired) electrons. The summed E-state index contributed by atoms with van der Waals surface area (Å²) in [6.45, 7) is 1.84. The van der Waals surface area contributed by atoms with Gasteiger partial charge in [0, 0.05) is 11.9 Å². The average molecular weight is 342 g/mol. The van der Waals surface area contributed by atoms with E-state index < -0.39 is 11.9 Å². The van der Waals surface area contributed by atoms with Crippen LogP contribution >= 0.6 is 0 Å². The van der Waals surface area contributed by atoms with Crippen LogP contribution in [0, 0.1) is 6.92 Å². The molecular formula is C18H18N2O5. The third-order valence-corrected chi connectivity index (χ3v) is 3.21. The van der Waals surface area contributed by atoms with Crippen LogP contribution in [0.1, 0.15) is 5.56 Å². The van der Waals surface area contributed by atoms with Crippen LogP contribution < -0.4 is 10.1 Å². The molecule has 0 bridgehead atoms. The maximum Gasteiger partial charge on any atom is 0.354 e. The number of hydrogen-bond acceptors (Lipinski definition) is 7. The zero-order valence-electron chi connectivity index (χ0n) is 14.1. The highest BCUT2D eigenvalue weighted by atomic mass is 16.5. The van der Waals surface area contributed by atoms with Gasteiger partial charge in [-0.1, -0.05) is 0 Å². The van der Waals surface area contributed by atoms with Gasteiger partial charge in [0.2, 0.25) is 0 Å². The smallest absolute Gasteiger partial charge is 0.354 e. The Balaban J connectivity index is 2.20. The largest absolute Gasteiger partial charge is 0.466 e. The summed E-state index contributed by atoms with van der Waals surface area (Å²) in [5.74, 6) is -0.112. The van der Waals surface area contributed by atoms with E-state index in [0.717, 1.165) is 11.6 Å². The lowest BCUT2D eigenvalue weighted by Gasteiger charge is -2.13. The van der Waals surface area contributed by atoms with Crippen molar-refractivity contribution in [3.63, 3.8) is 0 Å². The molecule has 0 saturated carbocycles. The average Bonchev–Trinajstić information content (AvgIpc) is 2.63. The molecule has 2 aromatic rings. The fraction of sp³-hybridized carbons (Fsp3) is 0.167. The molecule has 1 aromatic carbocycles. The Morgan fingerprint density at radius 1 is 1.12 bits per heavy atom. The lowest BCUT2D eigenvalue weighted by Crippen LogP contribution is -2.16. The number of hydrogen-bond donors (Lipinski definition) is 1. The summed E-state index contributed by atoms with van der Waals surface area (Å²) in [4.78, 5) is 27.2. The van der Waals surface area contributed by atoms with E-state index >= 15 is 0 Å². The van der Waals surface area contributed by atoms with Crippen LogP contribution in [0.3, 0.4) is 0 Å². The van der Waals surface area contributed by atoms with Crippen molar-refractivity contribution in [1.29, 1.82) is 0 Å². The number of methoxy groups -OCH3 is 2. The van der Waals surface area contributed by atoms with E-state index in [1.807, 2.05) is 6.92 Å². The SMILES string of the molecule is COC(=O)/C=C(/Nc1ccc(Oc2cccnc2)cc1C)C(=O)OC. The van der Waals surface area contributed by atoms with E-state index in [4.69, 9.17) is 4.74 Å². The summed E-state index contributed by atoms with van der Waals surface area (Å²) in [5.41, 5.74) is 1.40. The molecule has 2 rings (SSSR count). The van der Waals surface area contributed by atoms with Crippen molar-refractivity contribution < 1.29 is 23.8 Å². The lowest BCUT2D eigenvalue weighted by molar-refractivity contribution is -0.138. The first kappa shape index (κ1) is 18.0. The molecule has 7 heteroatoms. The summed E-state index contributed by atoms with van der Waals surface area (Å²) < 4.78 is 14.9. The molecule has 0 fully saturated rings. The first-order valence-electron chi connectivity index (χ1n) is 7.37. The van der Waals surface area contributed by atoms with Gasteiger partial charge < -0.3 is 19.5 Å². The quantitative estimate of drug-likeness (QED) is 0.638. The molecule has 1 heterocycles. The number of rotatable bonds is 6. The van der Waals surface area contributed by atoms with Crippen molar-refractivity contribution in [2.45, 2.75) is 6.92 Å². The number of aryl methyl sites for hydroxylation is 1. The number of benzene rings is 1. The van der Waals surface area contributed by atoms with Gasteiger partial charge in [-0.3, -0.25) is 4.98 Å². The van der Waals surface area contributed by atoms with E-state index in [0.29, 0.717) is 17.2 Å². The first-order valence-corrected chi connectivity index (χ1v) is 7.37. The van der Waals surface area contributed by atoms with Crippen molar-refractivity contribution in [2.24, 2.45) is 0 Å². The monoisotopic (exact) mass is 342 g/mol. The second kappa shape index (κ2) is 8.49. The molecular weight excluding hydrogens is 324 g/mol. The van der Waals surface area contributed by atoms with Crippen LogP contribution in [0.4, 0.5) is 5.69 Å². The maximum absolute atomic E-state index is 11.8. The number of ether oxygens (including phenoxy) is 3. The number of pyridine rings is 1. The molecule has 0 unspecified atom stereocenters. The number of carbonyl (C=O) groups excluding carboxylic acids is 2. The Morgan fingerprint density at radius 2 is 1.92 bits per heavy atom. The van der Waals surface area contributed by atoms with E-state index in [9.17, 15) is 9.59 Å². The van der Waals surface area contributed by atoms with Gasteiger partial charge in [0.1, 0.15) is 17.2 Å². The van der Waals surface area contributed by atoms with Gasteiger partial charge in [0.05, 0.1) is 26.5 Å². The third kappa shape index (κ3) is 5.07. The summed E-state index contributed by atoms with van der Waals surface area (Å²) >= 11 is 0. The van der Waals surface area contributed by atoms with E-state index in [-0.39, 0.29) is 5.70 Å². The van der Waals surface area contributed by atoms with Crippen LogP contribution in [0.5, 0.6) is 11.5 Å². The predicted octanol–water partition coefficient (Wildman–Crippen LogP) is 2.82. The normalized spacial score (nSPS) is 10.8. The van der Waals surface area contributed by atoms with Crippen LogP contribution in [-0.2, 0) is 19.1 Å². The zero-order valence-corrected chi connectivity index (χ0v) is 14.1. The molecule has 1 N–H and O–H groups in total. The molecule has 7 nitrogen and oxygen atoms in total. The van der Waals surface area contributed by atoms with Gasteiger partial charge in [0.25, 0.3) is 0 Å². The van der Waals surface area contributed by atoms with Crippen molar-refractivity contribution >= 4 is 17.6 Å². The molecule has 0 spiro atoms. The topological polar surface area (TPSA) is 86.8 Å². The minimum absolute atomic E-state index is 0.0293. The molecule has 0 aliphatic heterocycles. The molecule has 0 aliphatic carbocycles. The van der Waals surface area contributed by atoms with Gasteiger partial charge in [-0.25, -0.2) is 9.59 Å². The number of carbonyl (C=O) groups is 2. The maximum atomic E-state index is 11.8. The Hall–Kier alpha value is -3.35. The standard InChI is InChI=1S/C18H18N2O5/c1-12-9-13(25-14-5-4-8-19-11-14)6-7-15(12)20-16(18(22)24-3)10-17(21)23-2/h4-11,20H,1-3H3/b16-10+. The fourth-order valence-electron chi connectivity index (χ4n) is 1.96. The van der Waals surface area contributed by atoms with Gasteiger partial charge in [-0.2, -0.15) is 0 Å². The highest BCUT2D eigenvalue weighted by Crippen LogP contribution is 2.26. The minimum atomic E-state index is -0.680. The Morgan fingerprint density at radius 3 is 2.52 bits per heavy atom. The van der Waals surface area contributed by atoms with E-state index in [1.165, 1.54) is 14.2 Å². The minimum Gasteiger partial charge on any atom is -0.466 e. The van der Waals surface area contributed by atoms with Crippen molar-refractivity contribution in [1.82, 2.24) is 4.98 Å². The van der Waals surface area contributed by atoms with Crippen LogP contribution in [0.15, 0.2) is 54.5 Å². The second-order valence-corrected chi connectivity index (χ2v) is 4.97. The third-order valence-electron chi connectivity index (χ3n) is 3.21. The number of nitrogens with one attached hydrogen (secondary N) is 1. The summed E-state index contributed by atoms with van der Waals surface area (Å²) in [5, 5.41) is 2.87. The molecule has 0 saturated heterocycles. The number of esters is 2. The van der Waals surface area contributed by atoms with E-state index in [1.54, 1.807) is 42.7 Å². The Labute approximate surface area is 145 Å². The first-order chi connectivity index (χ1) is 12.0. The molecule has 0 amide bonds. The fourth-order valence-corrected chi connectivity index (χ4v) is 1.96. The molecule has 0 aliphatic rings. The second-order valence-electron chi connectivity index (χ2n) is 4.97. The van der Waals surface area contributed by atoms with Gasteiger partial charge in [-0.15, -0.1) is 0 Å². The number of anilines is 1. The highest BCUT2D eigenvalue weighted by Gasteiger charge is 2.14. The van der Waals surface area contributed by atoms with Crippen molar-refractivity contribution in [3.8, 4) is 11.5 Å². The number of nitrogens with zero attached hydrogens (tertiary/aromatic N) is 1. The molecule has 1 aromatic heterocycles. The van der Waals surface area contributed by atoms with Gasteiger partial charge in [0.15, 0.2) is 0 Å². The molecule has 0 atom stereocenters. The molecule has 130 valence electrons. The summed E-state index contributed by atoms with van der Waals surface area (Å²) in [7, 11) is 2.45. The summed E-state index contributed by atoms with van der Waals surface area (Å²) in [6, 6.07) is 8.83. The van der Waals surface area contributed by atoms with Gasteiger partial charge >= 0.3 is 11.9 Å².